The lowest BCUT2D eigenvalue weighted by atomic mass is 9.93. The first-order chi connectivity index (χ1) is 13.8. The maximum Gasteiger partial charge on any atom is 0.409 e. The number of likely N-dealkylation sites (tertiary alicyclic amines) is 1. The summed E-state index contributed by atoms with van der Waals surface area (Å²) in [6, 6.07) is 0. The molecule has 8 nitrogen and oxygen atoms in total. The van der Waals surface area contributed by atoms with E-state index in [2.05, 4.69) is 9.97 Å². The molecule has 0 spiro atoms. The number of alkyl halides is 3. The molecule has 29 heavy (non-hydrogen) atoms. The van der Waals surface area contributed by atoms with E-state index in [1.165, 1.54) is 4.90 Å². The summed E-state index contributed by atoms with van der Waals surface area (Å²) in [5.74, 6) is -0.926. The molecule has 1 aromatic heterocycles. The number of rotatable bonds is 5. The van der Waals surface area contributed by atoms with Gasteiger partial charge in [0.25, 0.3) is 0 Å². The van der Waals surface area contributed by atoms with Crippen LogP contribution in [0, 0.1) is 5.92 Å². The van der Waals surface area contributed by atoms with E-state index in [4.69, 9.17) is 4.74 Å². The van der Waals surface area contributed by atoms with Gasteiger partial charge in [0.1, 0.15) is 6.61 Å². The number of halogens is 3. The van der Waals surface area contributed by atoms with Crippen molar-refractivity contribution in [2.24, 2.45) is 5.92 Å². The largest absolute Gasteiger partial charge is 0.448 e. The van der Waals surface area contributed by atoms with Gasteiger partial charge in [0, 0.05) is 57.5 Å². The molecule has 158 valence electrons. The van der Waals surface area contributed by atoms with Crippen molar-refractivity contribution < 1.29 is 27.5 Å². The Kier molecular flexibility index (Phi) is 5.22. The molecule has 1 aromatic rings. The molecule has 3 aliphatic rings. The average molecular weight is 413 g/mol. The second-order valence-corrected chi connectivity index (χ2v) is 7.64. The van der Waals surface area contributed by atoms with Crippen LogP contribution < -0.4 is 4.90 Å². The molecule has 0 bridgehead atoms. The van der Waals surface area contributed by atoms with Crippen molar-refractivity contribution in [2.45, 2.75) is 24.9 Å². The lowest BCUT2D eigenvalue weighted by Gasteiger charge is -2.39. The number of hydrogen-bond acceptors (Lipinski definition) is 6. The summed E-state index contributed by atoms with van der Waals surface area (Å²) in [7, 11) is 0. The van der Waals surface area contributed by atoms with Crippen LogP contribution >= 0.6 is 0 Å². The molecule has 2 amide bonds. The number of aromatic nitrogens is 2. The van der Waals surface area contributed by atoms with Crippen LogP contribution in [0.4, 0.5) is 23.9 Å². The van der Waals surface area contributed by atoms with Crippen molar-refractivity contribution in [3.8, 4) is 0 Å². The second-order valence-electron chi connectivity index (χ2n) is 7.64. The molecule has 0 aromatic carbocycles. The molecule has 0 saturated carbocycles. The second kappa shape index (κ2) is 7.68. The predicted octanol–water partition coefficient (Wildman–Crippen LogP) is 1.63. The van der Waals surface area contributed by atoms with Crippen LogP contribution in [0.15, 0.2) is 12.4 Å². The molecule has 11 heteroatoms. The average Bonchev–Trinajstić information content (AvgIpc) is 3.28. The summed E-state index contributed by atoms with van der Waals surface area (Å²) in [6.07, 6.45) is -0.982. The molecule has 4 rings (SSSR count). The van der Waals surface area contributed by atoms with Gasteiger partial charge < -0.3 is 19.4 Å². The quantitative estimate of drug-likeness (QED) is 0.730. The third kappa shape index (κ3) is 4.23. The maximum atomic E-state index is 12.8. The van der Waals surface area contributed by atoms with E-state index in [9.17, 15) is 22.8 Å². The summed E-state index contributed by atoms with van der Waals surface area (Å²) in [5, 5.41) is 0. The van der Waals surface area contributed by atoms with Crippen molar-refractivity contribution in [3.05, 3.63) is 18.0 Å². The van der Waals surface area contributed by atoms with Crippen molar-refractivity contribution in [1.82, 2.24) is 19.8 Å². The van der Waals surface area contributed by atoms with Crippen LogP contribution in [0.5, 0.6) is 0 Å². The maximum absolute atomic E-state index is 12.8. The van der Waals surface area contributed by atoms with E-state index in [0.29, 0.717) is 45.3 Å². The molecule has 0 N–H and O–H groups in total. The van der Waals surface area contributed by atoms with Gasteiger partial charge in [0.15, 0.2) is 0 Å². The molecule has 3 saturated heterocycles. The third-order valence-corrected chi connectivity index (χ3v) is 5.74. The Morgan fingerprint density at radius 2 is 1.90 bits per heavy atom. The standard InChI is InChI=1S/C18H22F3N5O3/c19-18(20,21)14-1-3-25(11-14)16-22-7-12(8-23-16)13-9-26(10-13)15(27)2-4-24-5-6-29-17(24)28/h7-8,13-14H,1-6,9-11H2/t14-/m1/s1. The zero-order valence-electron chi connectivity index (χ0n) is 15.8. The van der Waals surface area contributed by atoms with Crippen LogP contribution in [0.25, 0.3) is 0 Å². The molecule has 1 atom stereocenters. The van der Waals surface area contributed by atoms with Gasteiger partial charge in [0.05, 0.1) is 12.5 Å². The van der Waals surface area contributed by atoms with Gasteiger partial charge in [0.2, 0.25) is 11.9 Å². The summed E-state index contributed by atoms with van der Waals surface area (Å²) >= 11 is 0. The smallest absolute Gasteiger partial charge is 0.409 e. The fourth-order valence-electron chi connectivity index (χ4n) is 3.82. The van der Waals surface area contributed by atoms with Gasteiger partial charge in [-0.1, -0.05) is 0 Å². The first-order valence-corrected chi connectivity index (χ1v) is 9.64. The molecule has 3 fully saturated rings. The zero-order chi connectivity index (χ0) is 20.6. The topological polar surface area (TPSA) is 78.9 Å². The van der Waals surface area contributed by atoms with Crippen molar-refractivity contribution >= 4 is 17.9 Å². The van der Waals surface area contributed by atoms with Gasteiger partial charge in [-0.05, 0) is 12.0 Å². The van der Waals surface area contributed by atoms with Crippen LogP contribution in [-0.2, 0) is 9.53 Å². The number of anilines is 1. The summed E-state index contributed by atoms with van der Waals surface area (Å²) < 4.78 is 43.3. The van der Waals surface area contributed by atoms with Crippen LogP contribution in [0.2, 0.25) is 0 Å². The van der Waals surface area contributed by atoms with E-state index < -0.39 is 12.1 Å². The summed E-state index contributed by atoms with van der Waals surface area (Å²) in [5.41, 5.74) is 0.868. The highest BCUT2D eigenvalue weighted by Gasteiger charge is 2.44. The van der Waals surface area contributed by atoms with Crippen LogP contribution in [0.1, 0.15) is 24.3 Å². The Balaban J connectivity index is 1.24. The van der Waals surface area contributed by atoms with Crippen molar-refractivity contribution in [3.63, 3.8) is 0 Å². The molecule has 0 unspecified atom stereocenters. The van der Waals surface area contributed by atoms with Crippen molar-refractivity contribution in [2.75, 3.05) is 50.8 Å². The molecule has 4 heterocycles. The number of nitrogens with zero attached hydrogens (tertiary/aromatic N) is 5. The van der Waals surface area contributed by atoms with E-state index >= 15 is 0 Å². The van der Waals surface area contributed by atoms with Gasteiger partial charge in [-0.25, -0.2) is 14.8 Å². The molecular formula is C18H22F3N5O3. The van der Waals surface area contributed by atoms with E-state index in [1.54, 1.807) is 22.2 Å². The third-order valence-electron chi connectivity index (χ3n) is 5.74. The Hall–Kier alpha value is -2.59. The number of carbonyl (C=O) groups excluding carboxylic acids is 2. The molecule has 0 aliphatic carbocycles. The van der Waals surface area contributed by atoms with Crippen molar-refractivity contribution in [1.29, 1.82) is 0 Å². The predicted molar refractivity (Wildman–Crippen MR) is 95.3 cm³/mol. The van der Waals surface area contributed by atoms with Gasteiger partial charge in [-0.2, -0.15) is 13.2 Å². The van der Waals surface area contributed by atoms with Gasteiger partial charge in [-0.3, -0.25) is 4.79 Å². The molecule has 3 aliphatic heterocycles. The monoisotopic (exact) mass is 413 g/mol. The van der Waals surface area contributed by atoms with Crippen LogP contribution in [-0.4, -0.2) is 83.8 Å². The highest BCUT2D eigenvalue weighted by atomic mass is 19.4. The highest BCUT2D eigenvalue weighted by molar-refractivity contribution is 5.78. The minimum atomic E-state index is -4.19. The fraction of sp³-hybridized carbons (Fsp3) is 0.667. The fourth-order valence-corrected chi connectivity index (χ4v) is 3.82. The highest BCUT2D eigenvalue weighted by Crippen LogP contribution is 2.35. The number of hydrogen-bond donors (Lipinski definition) is 0. The van der Waals surface area contributed by atoms with E-state index in [-0.39, 0.29) is 37.3 Å². The van der Waals surface area contributed by atoms with Gasteiger partial charge in [-0.15, -0.1) is 0 Å². The Morgan fingerprint density at radius 3 is 2.48 bits per heavy atom. The Morgan fingerprint density at radius 1 is 1.17 bits per heavy atom. The Labute approximate surface area is 165 Å². The van der Waals surface area contributed by atoms with Gasteiger partial charge >= 0.3 is 12.3 Å². The Bertz CT molecular complexity index is 767. The number of cyclic esters (lactones) is 1. The minimum Gasteiger partial charge on any atom is -0.448 e. The SMILES string of the molecule is O=C(CCN1CCOC1=O)N1CC(c2cnc(N3CC[C@@H](C(F)(F)F)C3)nc2)C1. The zero-order valence-corrected chi connectivity index (χ0v) is 15.8. The lowest BCUT2D eigenvalue weighted by molar-refractivity contribution is -0.168. The first kappa shape index (κ1) is 19.7. The normalized spacial score (nSPS) is 22.8. The first-order valence-electron chi connectivity index (χ1n) is 9.64. The van der Waals surface area contributed by atoms with Crippen LogP contribution in [0.3, 0.4) is 0 Å². The molecular weight excluding hydrogens is 391 g/mol. The summed E-state index contributed by atoms with van der Waals surface area (Å²) in [6.45, 7) is 2.50. The van der Waals surface area contributed by atoms with E-state index in [1.807, 2.05) is 0 Å². The lowest BCUT2D eigenvalue weighted by Crippen LogP contribution is -2.49. The van der Waals surface area contributed by atoms with E-state index in [0.717, 1.165) is 5.56 Å². The number of ether oxygens (including phenoxy) is 1. The summed E-state index contributed by atoms with van der Waals surface area (Å²) in [4.78, 5) is 36.9. The molecule has 0 radical (unpaired) electrons. The number of amides is 2. The number of carbonyl (C=O) groups is 2. The minimum absolute atomic E-state index is 0.0197.